The Bertz CT molecular complexity index is 591. The Labute approximate surface area is 125 Å². The minimum atomic E-state index is 0.319. The monoisotopic (exact) mass is 280 g/mol. The van der Waals surface area contributed by atoms with Crippen LogP contribution in [0.5, 0.6) is 0 Å². The van der Waals surface area contributed by atoms with Crippen LogP contribution in [0.15, 0.2) is 54.6 Å². The molecule has 0 radical (unpaired) electrons. The van der Waals surface area contributed by atoms with E-state index in [-0.39, 0.29) is 0 Å². The Morgan fingerprint density at radius 1 is 0.857 bits per heavy atom. The molecule has 2 aliphatic rings. The molecule has 2 aromatic rings. The fraction of sp³-hybridized carbons (Fsp3) is 0.368. The molecule has 0 unspecified atom stereocenters. The molecule has 2 aromatic carbocycles. The first-order valence-electron chi connectivity index (χ1n) is 7.77. The maximum absolute atomic E-state index is 5.98. The molecular formula is C19H20O2. The van der Waals surface area contributed by atoms with Gasteiger partial charge in [-0.3, -0.25) is 0 Å². The molecule has 1 aliphatic carbocycles. The highest BCUT2D eigenvalue weighted by Crippen LogP contribution is 2.40. The van der Waals surface area contributed by atoms with Gasteiger partial charge < -0.3 is 9.47 Å². The van der Waals surface area contributed by atoms with E-state index in [1.807, 2.05) is 0 Å². The van der Waals surface area contributed by atoms with E-state index in [9.17, 15) is 0 Å². The molecular weight excluding hydrogens is 260 g/mol. The maximum atomic E-state index is 5.98. The van der Waals surface area contributed by atoms with Crippen molar-refractivity contribution >= 4 is 0 Å². The number of epoxide rings is 1. The number of hydrogen-bond donors (Lipinski definition) is 0. The lowest BCUT2D eigenvalue weighted by Crippen LogP contribution is -2.15. The van der Waals surface area contributed by atoms with E-state index in [0.29, 0.717) is 24.9 Å². The van der Waals surface area contributed by atoms with Crippen molar-refractivity contribution in [3.8, 4) is 0 Å². The number of fused-ring (bicyclic) bond motifs is 1. The van der Waals surface area contributed by atoms with Crippen molar-refractivity contribution in [2.24, 2.45) is 0 Å². The zero-order valence-corrected chi connectivity index (χ0v) is 12.1. The summed E-state index contributed by atoms with van der Waals surface area (Å²) in [6.07, 6.45) is 4.53. The van der Waals surface area contributed by atoms with Gasteiger partial charge in [-0.1, -0.05) is 54.6 Å². The first kappa shape index (κ1) is 13.1. The van der Waals surface area contributed by atoms with Crippen molar-refractivity contribution in [2.45, 2.75) is 44.2 Å². The normalized spacial score (nSPS) is 26.6. The molecule has 0 bridgehead atoms. The lowest BCUT2D eigenvalue weighted by atomic mass is 10.0. The lowest BCUT2D eigenvalue weighted by Gasteiger charge is -2.12. The first-order chi connectivity index (χ1) is 10.4. The van der Waals surface area contributed by atoms with Gasteiger partial charge in [0.05, 0.1) is 18.8 Å². The molecule has 0 spiro atoms. The Hall–Kier alpha value is -1.64. The van der Waals surface area contributed by atoms with Gasteiger partial charge in [0, 0.05) is 0 Å². The van der Waals surface area contributed by atoms with Gasteiger partial charge >= 0.3 is 0 Å². The molecule has 1 aliphatic heterocycles. The highest BCUT2D eigenvalue weighted by atomic mass is 16.6. The van der Waals surface area contributed by atoms with E-state index in [2.05, 4.69) is 54.6 Å². The fourth-order valence-corrected chi connectivity index (χ4v) is 3.17. The minimum absolute atomic E-state index is 0.319. The summed E-state index contributed by atoms with van der Waals surface area (Å²) in [6, 6.07) is 19.3. The maximum Gasteiger partial charge on any atom is 0.110 e. The molecule has 21 heavy (non-hydrogen) atoms. The van der Waals surface area contributed by atoms with Crippen molar-refractivity contribution in [1.82, 2.24) is 0 Å². The van der Waals surface area contributed by atoms with Gasteiger partial charge in [0.25, 0.3) is 0 Å². The second-order valence-corrected chi connectivity index (χ2v) is 6.04. The van der Waals surface area contributed by atoms with Gasteiger partial charge in [0.15, 0.2) is 0 Å². The Morgan fingerprint density at radius 3 is 2.24 bits per heavy atom. The Balaban J connectivity index is 1.33. The molecule has 2 nitrogen and oxygen atoms in total. The van der Waals surface area contributed by atoms with Crippen molar-refractivity contribution < 1.29 is 9.47 Å². The van der Waals surface area contributed by atoms with E-state index in [0.717, 1.165) is 12.8 Å². The zero-order valence-electron chi connectivity index (χ0n) is 12.1. The average molecular weight is 280 g/mol. The van der Waals surface area contributed by atoms with Crippen LogP contribution < -0.4 is 0 Å². The van der Waals surface area contributed by atoms with Gasteiger partial charge in [-0.05, 0) is 36.0 Å². The van der Waals surface area contributed by atoms with Crippen LogP contribution in [0.25, 0.3) is 0 Å². The van der Waals surface area contributed by atoms with E-state index in [1.54, 1.807) is 0 Å². The van der Waals surface area contributed by atoms with E-state index in [4.69, 9.17) is 9.47 Å². The van der Waals surface area contributed by atoms with Crippen LogP contribution in [0.4, 0.5) is 0 Å². The summed E-state index contributed by atoms with van der Waals surface area (Å²) in [5.74, 6) is 0. The molecule has 108 valence electrons. The molecule has 1 saturated heterocycles. The van der Waals surface area contributed by atoms with Crippen LogP contribution in [0.2, 0.25) is 0 Å². The summed E-state index contributed by atoms with van der Waals surface area (Å²) in [4.78, 5) is 0. The Kier molecular flexibility index (Phi) is 3.50. The van der Waals surface area contributed by atoms with Crippen LogP contribution in [-0.2, 0) is 22.5 Å². The van der Waals surface area contributed by atoms with Gasteiger partial charge in [-0.15, -0.1) is 0 Å². The number of ether oxygens (including phenoxy) is 2. The zero-order chi connectivity index (χ0) is 14.1. The first-order valence-corrected chi connectivity index (χ1v) is 7.77. The van der Waals surface area contributed by atoms with Crippen LogP contribution in [0.1, 0.15) is 29.5 Å². The number of benzene rings is 2. The third-order valence-corrected chi connectivity index (χ3v) is 4.46. The molecule has 0 amide bonds. The molecule has 0 N–H and O–H groups in total. The van der Waals surface area contributed by atoms with E-state index < -0.39 is 0 Å². The number of hydrogen-bond acceptors (Lipinski definition) is 2. The van der Waals surface area contributed by atoms with Gasteiger partial charge in [0.1, 0.15) is 6.10 Å². The molecule has 4 rings (SSSR count). The summed E-state index contributed by atoms with van der Waals surface area (Å²) in [5, 5.41) is 0. The van der Waals surface area contributed by atoms with Gasteiger partial charge in [0.2, 0.25) is 0 Å². The fourth-order valence-electron chi connectivity index (χ4n) is 3.17. The summed E-state index contributed by atoms with van der Waals surface area (Å²) >= 11 is 0. The summed E-state index contributed by atoms with van der Waals surface area (Å²) in [6.45, 7) is 0.697. The van der Waals surface area contributed by atoms with Gasteiger partial charge in [-0.25, -0.2) is 0 Å². The van der Waals surface area contributed by atoms with Crippen molar-refractivity contribution in [3.63, 3.8) is 0 Å². The van der Waals surface area contributed by atoms with Crippen molar-refractivity contribution in [2.75, 3.05) is 0 Å². The lowest BCUT2D eigenvalue weighted by molar-refractivity contribution is 0.0160. The van der Waals surface area contributed by atoms with Crippen LogP contribution in [0, 0.1) is 0 Å². The quantitative estimate of drug-likeness (QED) is 0.779. The van der Waals surface area contributed by atoms with Crippen LogP contribution >= 0.6 is 0 Å². The smallest absolute Gasteiger partial charge is 0.110 e. The topological polar surface area (TPSA) is 21.8 Å². The van der Waals surface area contributed by atoms with E-state index >= 15 is 0 Å². The summed E-state index contributed by atoms with van der Waals surface area (Å²) in [7, 11) is 0. The highest BCUT2D eigenvalue weighted by molar-refractivity contribution is 5.28. The van der Waals surface area contributed by atoms with Crippen LogP contribution in [0.3, 0.4) is 0 Å². The van der Waals surface area contributed by atoms with Crippen LogP contribution in [-0.4, -0.2) is 18.3 Å². The summed E-state index contributed by atoms with van der Waals surface area (Å²) in [5.41, 5.74) is 3.94. The second-order valence-electron chi connectivity index (χ2n) is 6.04. The second kappa shape index (κ2) is 5.63. The number of rotatable bonds is 5. The molecule has 2 heteroatoms. The summed E-state index contributed by atoms with van der Waals surface area (Å²) < 4.78 is 11.5. The highest BCUT2D eigenvalue weighted by Gasteiger charge is 2.50. The van der Waals surface area contributed by atoms with Gasteiger partial charge in [-0.2, -0.15) is 0 Å². The molecule has 1 heterocycles. The van der Waals surface area contributed by atoms with Crippen molar-refractivity contribution in [3.05, 3.63) is 71.3 Å². The molecule has 3 atom stereocenters. The SMILES string of the molecule is c1ccc(Cc2ccc(CO[C@H]3CC[C@H]4O[C@@H]34)cc2)cc1. The molecule has 2 fully saturated rings. The third-order valence-electron chi connectivity index (χ3n) is 4.46. The predicted octanol–water partition coefficient (Wildman–Crippen LogP) is 3.72. The molecule has 0 aromatic heterocycles. The predicted molar refractivity (Wildman–Crippen MR) is 82.2 cm³/mol. The van der Waals surface area contributed by atoms with E-state index in [1.165, 1.54) is 23.1 Å². The minimum Gasteiger partial charge on any atom is -0.371 e. The standard InChI is InChI=1S/C19H20O2/c1-2-4-14(5-3-1)12-15-6-8-16(9-7-15)13-20-17-10-11-18-19(17)21-18/h1-9,17-19H,10-13H2/t17-,18+,19-/m0/s1. The average Bonchev–Trinajstić information content (AvgIpc) is 3.21. The third kappa shape index (κ3) is 3.02. The van der Waals surface area contributed by atoms with Crippen molar-refractivity contribution in [1.29, 1.82) is 0 Å². The molecule has 1 saturated carbocycles. The Morgan fingerprint density at radius 2 is 1.57 bits per heavy atom. The largest absolute Gasteiger partial charge is 0.371 e.